The normalized spacial score (nSPS) is 15.7. The van der Waals surface area contributed by atoms with Crippen LogP contribution in [0.4, 0.5) is 4.39 Å². The molecule has 7 nitrogen and oxygen atoms in total. The number of benzene rings is 1. The molecule has 1 fully saturated rings. The Kier molecular flexibility index (Phi) is 5.44. The number of oxime groups is 1. The smallest absolute Gasteiger partial charge is 0.196 e. The molecular formula is C20H20ClFN6O. The summed E-state index contributed by atoms with van der Waals surface area (Å²) < 4.78 is 16.1. The summed E-state index contributed by atoms with van der Waals surface area (Å²) in [5.41, 5.74) is 1.01. The van der Waals surface area contributed by atoms with Crippen molar-refractivity contribution in [2.75, 3.05) is 13.1 Å². The quantitative estimate of drug-likeness (QED) is 0.305. The number of pyridine rings is 1. The standard InChI is InChI=1S/C20H20ClFN6O/c1-13-24-25-19(28(13)16-6-4-15(21)5-7-16)14-8-11-27(12-9-14)20(26-29)18-17(22)3-2-10-23-18/h2-7,10,14,29H,8-9,11-12H2,1H3. The first-order valence-corrected chi connectivity index (χ1v) is 9.72. The second-order valence-corrected chi connectivity index (χ2v) is 7.37. The topological polar surface area (TPSA) is 79.4 Å². The van der Waals surface area contributed by atoms with Crippen LogP contribution >= 0.6 is 11.6 Å². The molecule has 0 aliphatic carbocycles. The van der Waals surface area contributed by atoms with Gasteiger partial charge in [-0.25, -0.2) is 9.37 Å². The number of piperidine rings is 1. The van der Waals surface area contributed by atoms with Crippen LogP contribution in [0.1, 0.15) is 36.1 Å². The molecule has 1 aliphatic rings. The fourth-order valence-corrected chi connectivity index (χ4v) is 3.84. The number of hydrogen-bond acceptors (Lipinski definition) is 5. The Morgan fingerprint density at radius 2 is 1.90 bits per heavy atom. The van der Waals surface area contributed by atoms with E-state index in [1.807, 2.05) is 40.7 Å². The van der Waals surface area contributed by atoms with Crippen molar-refractivity contribution in [3.8, 4) is 5.69 Å². The lowest BCUT2D eigenvalue weighted by Crippen LogP contribution is -2.39. The number of aryl methyl sites for hydroxylation is 1. The van der Waals surface area contributed by atoms with E-state index in [4.69, 9.17) is 11.6 Å². The molecule has 0 radical (unpaired) electrons. The van der Waals surface area contributed by atoms with Crippen molar-refractivity contribution in [2.24, 2.45) is 5.16 Å². The SMILES string of the molecule is Cc1nnc(C2CCN(C(=NO)c3ncccc3F)CC2)n1-c1ccc(Cl)cc1. The van der Waals surface area contributed by atoms with Gasteiger partial charge in [0.15, 0.2) is 11.7 Å². The van der Waals surface area contributed by atoms with Gasteiger partial charge in [-0.3, -0.25) is 4.57 Å². The molecule has 1 saturated heterocycles. The molecule has 1 aromatic carbocycles. The molecule has 3 heterocycles. The summed E-state index contributed by atoms with van der Waals surface area (Å²) >= 11 is 6.01. The molecule has 9 heteroatoms. The van der Waals surface area contributed by atoms with Crippen molar-refractivity contribution < 1.29 is 9.60 Å². The van der Waals surface area contributed by atoms with Gasteiger partial charge in [-0.05, 0) is 56.2 Å². The third kappa shape index (κ3) is 3.80. The molecule has 2 aromatic heterocycles. The summed E-state index contributed by atoms with van der Waals surface area (Å²) in [5.74, 6) is 1.50. The highest BCUT2D eigenvalue weighted by Crippen LogP contribution is 2.30. The van der Waals surface area contributed by atoms with Gasteiger partial charge in [0.05, 0.1) is 0 Å². The average molecular weight is 415 g/mol. The molecule has 150 valence electrons. The van der Waals surface area contributed by atoms with Gasteiger partial charge in [0.2, 0.25) is 0 Å². The van der Waals surface area contributed by atoms with Crippen LogP contribution in [0.25, 0.3) is 5.69 Å². The van der Waals surface area contributed by atoms with Crippen LogP contribution in [0.15, 0.2) is 47.8 Å². The van der Waals surface area contributed by atoms with Crippen molar-refractivity contribution in [3.63, 3.8) is 0 Å². The summed E-state index contributed by atoms with van der Waals surface area (Å²) in [6.07, 6.45) is 3.01. The first-order valence-electron chi connectivity index (χ1n) is 9.34. The summed E-state index contributed by atoms with van der Waals surface area (Å²) in [5, 5.41) is 22.1. The fourth-order valence-electron chi connectivity index (χ4n) is 3.71. The Hall–Kier alpha value is -3.00. The van der Waals surface area contributed by atoms with E-state index in [1.54, 1.807) is 0 Å². The number of rotatable bonds is 3. The van der Waals surface area contributed by atoms with Crippen LogP contribution in [0, 0.1) is 12.7 Å². The Labute approximate surface area is 172 Å². The Morgan fingerprint density at radius 3 is 2.55 bits per heavy atom. The lowest BCUT2D eigenvalue weighted by molar-refractivity contribution is 0.271. The highest BCUT2D eigenvalue weighted by atomic mass is 35.5. The van der Waals surface area contributed by atoms with Crippen molar-refractivity contribution >= 4 is 17.4 Å². The minimum absolute atomic E-state index is 0.0497. The first-order chi connectivity index (χ1) is 14.1. The molecule has 0 amide bonds. The minimum Gasteiger partial charge on any atom is -0.409 e. The third-order valence-electron chi connectivity index (χ3n) is 5.16. The van der Waals surface area contributed by atoms with Crippen LogP contribution in [0.3, 0.4) is 0 Å². The Balaban J connectivity index is 1.54. The van der Waals surface area contributed by atoms with E-state index >= 15 is 0 Å². The third-order valence-corrected chi connectivity index (χ3v) is 5.41. The van der Waals surface area contributed by atoms with Crippen LogP contribution in [0.2, 0.25) is 5.02 Å². The number of likely N-dealkylation sites (tertiary alicyclic amines) is 1. The van der Waals surface area contributed by atoms with Gasteiger partial charge in [0.1, 0.15) is 17.3 Å². The minimum atomic E-state index is -0.513. The van der Waals surface area contributed by atoms with Crippen LogP contribution in [0.5, 0.6) is 0 Å². The summed E-state index contributed by atoms with van der Waals surface area (Å²) in [6, 6.07) is 10.4. The van der Waals surface area contributed by atoms with Gasteiger partial charge in [-0.15, -0.1) is 10.2 Å². The zero-order valence-electron chi connectivity index (χ0n) is 15.8. The van der Waals surface area contributed by atoms with E-state index in [0.29, 0.717) is 18.1 Å². The number of nitrogens with zero attached hydrogens (tertiary/aromatic N) is 6. The second-order valence-electron chi connectivity index (χ2n) is 6.94. The largest absolute Gasteiger partial charge is 0.409 e. The molecule has 0 unspecified atom stereocenters. The van der Waals surface area contributed by atoms with Crippen molar-refractivity contribution in [2.45, 2.75) is 25.7 Å². The molecule has 0 atom stereocenters. The summed E-state index contributed by atoms with van der Waals surface area (Å²) in [4.78, 5) is 5.87. The Morgan fingerprint density at radius 1 is 1.17 bits per heavy atom. The first kappa shape index (κ1) is 19.3. The molecule has 1 N–H and O–H groups in total. The molecule has 0 spiro atoms. The van der Waals surface area contributed by atoms with Crippen LogP contribution in [-0.4, -0.2) is 48.8 Å². The number of halogens is 2. The zero-order chi connectivity index (χ0) is 20.4. The summed E-state index contributed by atoms with van der Waals surface area (Å²) in [6.45, 7) is 3.10. The number of aromatic nitrogens is 4. The van der Waals surface area contributed by atoms with Gasteiger partial charge in [-0.2, -0.15) is 0 Å². The number of amidine groups is 1. The van der Waals surface area contributed by atoms with E-state index in [0.717, 1.165) is 30.2 Å². The maximum atomic E-state index is 14.1. The van der Waals surface area contributed by atoms with E-state index in [9.17, 15) is 9.60 Å². The lowest BCUT2D eigenvalue weighted by atomic mass is 9.95. The van der Waals surface area contributed by atoms with E-state index < -0.39 is 5.82 Å². The van der Waals surface area contributed by atoms with Gasteiger partial charge in [0.25, 0.3) is 0 Å². The predicted octanol–water partition coefficient (Wildman–Crippen LogP) is 3.78. The van der Waals surface area contributed by atoms with Gasteiger partial charge >= 0.3 is 0 Å². The average Bonchev–Trinajstić information content (AvgIpc) is 3.12. The van der Waals surface area contributed by atoms with Crippen molar-refractivity contribution in [1.82, 2.24) is 24.6 Å². The predicted molar refractivity (Wildman–Crippen MR) is 107 cm³/mol. The van der Waals surface area contributed by atoms with Gasteiger partial charge in [-0.1, -0.05) is 16.8 Å². The second kappa shape index (κ2) is 8.16. The van der Waals surface area contributed by atoms with E-state index in [-0.39, 0.29) is 17.4 Å². The monoisotopic (exact) mass is 414 g/mol. The molecule has 29 heavy (non-hydrogen) atoms. The molecule has 0 saturated carbocycles. The summed E-state index contributed by atoms with van der Waals surface area (Å²) in [7, 11) is 0. The van der Waals surface area contributed by atoms with E-state index in [1.165, 1.54) is 18.3 Å². The molecule has 4 rings (SSSR count). The maximum absolute atomic E-state index is 14.1. The van der Waals surface area contributed by atoms with Crippen molar-refractivity contribution in [3.05, 3.63) is 70.8 Å². The molecular weight excluding hydrogens is 395 g/mol. The van der Waals surface area contributed by atoms with Gasteiger partial charge < -0.3 is 10.1 Å². The van der Waals surface area contributed by atoms with E-state index in [2.05, 4.69) is 20.3 Å². The molecule has 1 aliphatic heterocycles. The number of hydrogen-bond donors (Lipinski definition) is 1. The lowest BCUT2D eigenvalue weighted by Gasteiger charge is -2.33. The molecule has 3 aromatic rings. The fraction of sp³-hybridized carbons (Fsp3) is 0.300. The van der Waals surface area contributed by atoms with Crippen LogP contribution in [-0.2, 0) is 0 Å². The van der Waals surface area contributed by atoms with Crippen LogP contribution < -0.4 is 0 Å². The van der Waals surface area contributed by atoms with Gasteiger partial charge in [0, 0.05) is 35.9 Å². The zero-order valence-corrected chi connectivity index (χ0v) is 16.6. The van der Waals surface area contributed by atoms with Crippen molar-refractivity contribution in [1.29, 1.82) is 0 Å². The molecule has 0 bridgehead atoms. The highest BCUT2D eigenvalue weighted by molar-refractivity contribution is 6.30. The Bertz CT molecular complexity index is 1030. The maximum Gasteiger partial charge on any atom is 0.196 e. The highest BCUT2D eigenvalue weighted by Gasteiger charge is 2.29.